The molecule has 0 aromatic heterocycles. The van der Waals surface area contributed by atoms with Crippen LogP contribution in [0.3, 0.4) is 0 Å². The molecule has 0 aliphatic heterocycles. The molecule has 0 radical (unpaired) electrons. The quantitative estimate of drug-likeness (QED) is 0.439. The van der Waals surface area contributed by atoms with Crippen molar-refractivity contribution in [3.63, 3.8) is 0 Å². The lowest BCUT2D eigenvalue weighted by molar-refractivity contribution is -0.0472. The van der Waals surface area contributed by atoms with Gasteiger partial charge in [0.2, 0.25) is 0 Å². The van der Waals surface area contributed by atoms with Crippen molar-refractivity contribution in [2.75, 3.05) is 0 Å². The molecule has 0 aromatic rings. The normalized spacial score (nSPS) is 13.0. The Kier molecular flexibility index (Phi) is 3.40. The first-order valence-corrected chi connectivity index (χ1v) is 3.67. The van der Waals surface area contributed by atoms with E-state index in [2.05, 4.69) is 19.0 Å². The van der Waals surface area contributed by atoms with E-state index in [9.17, 15) is 0 Å². The molecule has 0 spiro atoms. The van der Waals surface area contributed by atoms with Crippen LogP contribution in [0.15, 0.2) is 5.16 Å². The van der Waals surface area contributed by atoms with E-state index in [1.807, 2.05) is 20.8 Å². The zero-order chi connectivity index (χ0) is 8.20. The second kappa shape index (κ2) is 3.59. The minimum atomic E-state index is -0.146. The van der Waals surface area contributed by atoms with Crippen LogP contribution in [-0.2, 0) is 4.84 Å². The predicted octanol–water partition coefficient (Wildman–Crippen LogP) is 2.44. The second-order valence-electron chi connectivity index (χ2n) is 3.21. The molecule has 0 aromatic carbocycles. The number of oxime groups is 1. The third-order valence-electron chi connectivity index (χ3n) is 1.78. The fraction of sp³-hybridized carbons (Fsp3) is 0.875. The Morgan fingerprint density at radius 2 is 1.90 bits per heavy atom. The second-order valence-corrected chi connectivity index (χ2v) is 3.21. The van der Waals surface area contributed by atoms with Crippen LogP contribution in [0.1, 0.15) is 34.6 Å². The minimum absolute atomic E-state index is 0.146. The van der Waals surface area contributed by atoms with E-state index < -0.39 is 0 Å². The average Bonchev–Trinajstić information content (AvgIpc) is 1.84. The molecule has 0 saturated carbocycles. The highest BCUT2D eigenvalue weighted by Gasteiger charge is 2.23. The van der Waals surface area contributed by atoms with Crippen molar-refractivity contribution >= 4 is 6.21 Å². The Morgan fingerprint density at radius 3 is 2.20 bits per heavy atom. The van der Waals surface area contributed by atoms with Crippen molar-refractivity contribution in [3.8, 4) is 0 Å². The topological polar surface area (TPSA) is 21.6 Å². The van der Waals surface area contributed by atoms with E-state index >= 15 is 0 Å². The molecule has 0 N–H and O–H groups in total. The molecule has 0 unspecified atom stereocenters. The molecule has 0 atom stereocenters. The first kappa shape index (κ1) is 9.47. The van der Waals surface area contributed by atoms with Gasteiger partial charge in [-0.15, -0.1) is 0 Å². The fourth-order valence-corrected chi connectivity index (χ4v) is 0.294. The van der Waals surface area contributed by atoms with E-state index in [1.165, 1.54) is 0 Å². The van der Waals surface area contributed by atoms with Crippen molar-refractivity contribution in [2.24, 2.45) is 11.1 Å². The monoisotopic (exact) mass is 143 g/mol. The van der Waals surface area contributed by atoms with E-state index in [1.54, 1.807) is 6.21 Å². The summed E-state index contributed by atoms with van der Waals surface area (Å²) in [5, 5.41) is 3.74. The first-order chi connectivity index (χ1) is 4.50. The van der Waals surface area contributed by atoms with Crippen LogP contribution in [0.4, 0.5) is 0 Å². The van der Waals surface area contributed by atoms with E-state index in [-0.39, 0.29) is 5.60 Å². The van der Waals surface area contributed by atoms with Gasteiger partial charge in [0.25, 0.3) is 0 Å². The summed E-state index contributed by atoms with van der Waals surface area (Å²) in [4.78, 5) is 5.21. The van der Waals surface area contributed by atoms with Gasteiger partial charge in [-0.3, -0.25) is 0 Å². The van der Waals surface area contributed by atoms with E-state index in [4.69, 9.17) is 4.84 Å². The Bertz CT molecular complexity index is 116. The fourth-order valence-electron chi connectivity index (χ4n) is 0.294. The molecule has 0 fully saturated rings. The Balaban J connectivity index is 3.86. The van der Waals surface area contributed by atoms with Gasteiger partial charge in [0.1, 0.15) is 5.60 Å². The Labute approximate surface area is 63.3 Å². The molecule has 60 valence electrons. The van der Waals surface area contributed by atoms with Crippen molar-refractivity contribution in [1.29, 1.82) is 0 Å². The zero-order valence-corrected chi connectivity index (χ0v) is 7.51. The van der Waals surface area contributed by atoms with Gasteiger partial charge < -0.3 is 4.84 Å². The number of hydrogen-bond donors (Lipinski definition) is 0. The lowest BCUT2D eigenvalue weighted by atomic mass is 9.95. The van der Waals surface area contributed by atoms with Gasteiger partial charge in [-0.25, -0.2) is 0 Å². The summed E-state index contributed by atoms with van der Waals surface area (Å²) in [6.45, 7) is 10.1. The van der Waals surface area contributed by atoms with Crippen molar-refractivity contribution in [3.05, 3.63) is 0 Å². The molecule has 2 heteroatoms. The summed E-state index contributed by atoms with van der Waals surface area (Å²) in [5.74, 6) is 0.483. The number of hydrogen-bond acceptors (Lipinski definition) is 2. The predicted molar refractivity (Wildman–Crippen MR) is 44.2 cm³/mol. The minimum Gasteiger partial charge on any atom is -0.390 e. The molecule has 0 saturated heterocycles. The summed E-state index contributed by atoms with van der Waals surface area (Å²) in [6.07, 6.45) is 1.66. The van der Waals surface area contributed by atoms with Crippen LogP contribution in [-0.4, -0.2) is 11.8 Å². The maximum atomic E-state index is 5.21. The molecular formula is C8H17NO. The van der Waals surface area contributed by atoms with Gasteiger partial charge in [0.05, 0.1) is 0 Å². The van der Waals surface area contributed by atoms with Gasteiger partial charge >= 0.3 is 0 Å². The van der Waals surface area contributed by atoms with Gasteiger partial charge in [-0.05, 0) is 26.7 Å². The molecule has 0 aliphatic rings. The SMILES string of the molecule is CC=NOC(C)(C)C(C)C. The van der Waals surface area contributed by atoms with Crippen LogP contribution in [0.2, 0.25) is 0 Å². The van der Waals surface area contributed by atoms with Crippen molar-refractivity contribution in [2.45, 2.75) is 40.2 Å². The average molecular weight is 143 g/mol. The van der Waals surface area contributed by atoms with Crippen LogP contribution >= 0.6 is 0 Å². The highest BCUT2D eigenvalue weighted by Crippen LogP contribution is 2.19. The van der Waals surface area contributed by atoms with E-state index in [0.717, 1.165) is 0 Å². The summed E-state index contributed by atoms with van der Waals surface area (Å²) in [7, 11) is 0. The largest absolute Gasteiger partial charge is 0.390 e. The van der Waals surface area contributed by atoms with Gasteiger partial charge in [0, 0.05) is 6.21 Å². The van der Waals surface area contributed by atoms with Gasteiger partial charge in [0.15, 0.2) is 0 Å². The van der Waals surface area contributed by atoms with Gasteiger partial charge in [-0.1, -0.05) is 19.0 Å². The van der Waals surface area contributed by atoms with Crippen molar-refractivity contribution < 1.29 is 4.84 Å². The lowest BCUT2D eigenvalue weighted by Crippen LogP contribution is -2.28. The highest BCUT2D eigenvalue weighted by molar-refractivity contribution is 5.52. The molecule has 10 heavy (non-hydrogen) atoms. The first-order valence-electron chi connectivity index (χ1n) is 3.67. The smallest absolute Gasteiger partial charge is 0.134 e. The molecule has 0 aliphatic carbocycles. The molecule has 0 bridgehead atoms. The molecule has 0 amide bonds. The maximum Gasteiger partial charge on any atom is 0.134 e. The van der Waals surface area contributed by atoms with Gasteiger partial charge in [-0.2, -0.15) is 0 Å². The summed E-state index contributed by atoms with van der Waals surface area (Å²) in [5.41, 5.74) is -0.146. The molecule has 0 heterocycles. The summed E-state index contributed by atoms with van der Waals surface area (Å²) >= 11 is 0. The highest BCUT2D eigenvalue weighted by atomic mass is 16.6. The molecule has 0 rings (SSSR count). The van der Waals surface area contributed by atoms with Crippen LogP contribution in [0.5, 0.6) is 0 Å². The Hall–Kier alpha value is -0.530. The number of nitrogens with zero attached hydrogens (tertiary/aromatic N) is 1. The summed E-state index contributed by atoms with van der Waals surface area (Å²) in [6, 6.07) is 0. The van der Waals surface area contributed by atoms with Crippen LogP contribution in [0, 0.1) is 5.92 Å². The third-order valence-corrected chi connectivity index (χ3v) is 1.78. The lowest BCUT2D eigenvalue weighted by Gasteiger charge is -2.25. The van der Waals surface area contributed by atoms with Crippen LogP contribution < -0.4 is 0 Å². The Morgan fingerprint density at radius 1 is 1.40 bits per heavy atom. The zero-order valence-electron chi connectivity index (χ0n) is 7.51. The van der Waals surface area contributed by atoms with E-state index in [0.29, 0.717) is 5.92 Å². The van der Waals surface area contributed by atoms with Crippen molar-refractivity contribution in [1.82, 2.24) is 0 Å². The molecule has 2 nitrogen and oxygen atoms in total. The summed E-state index contributed by atoms with van der Waals surface area (Å²) < 4.78 is 0. The number of rotatable bonds is 3. The molecular weight excluding hydrogens is 126 g/mol. The van der Waals surface area contributed by atoms with Crippen LogP contribution in [0.25, 0.3) is 0 Å². The maximum absolute atomic E-state index is 5.21. The third kappa shape index (κ3) is 2.85. The standard InChI is InChI=1S/C8H17NO/c1-6-9-10-8(4,5)7(2)3/h6-7H,1-5H3.